The molecule has 2 fully saturated rings. The zero-order chi connectivity index (χ0) is 14.6. The van der Waals surface area contributed by atoms with Crippen LogP contribution in [-0.4, -0.2) is 55.1 Å². The summed E-state index contributed by atoms with van der Waals surface area (Å²) in [6, 6.07) is 0.0814. The van der Waals surface area contributed by atoms with Crippen molar-refractivity contribution in [1.29, 1.82) is 0 Å². The van der Waals surface area contributed by atoms with E-state index in [2.05, 4.69) is 11.0 Å². The largest absolute Gasteiger partial charge is 0.396 e. The lowest BCUT2D eigenvalue weighted by Crippen LogP contribution is -2.50. The summed E-state index contributed by atoms with van der Waals surface area (Å²) in [6.45, 7) is 1.10. The molecule has 1 unspecified atom stereocenters. The summed E-state index contributed by atoms with van der Waals surface area (Å²) in [4.78, 5) is 0. The van der Waals surface area contributed by atoms with Crippen LogP contribution in [0.1, 0.15) is 38.5 Å². The summed E-state index contributed by atoms with van der Waals surface area (Å²) in [6.07, 6.45) is 7.93. The Morgan fingerprint density at radius 1 is 1.25 bits per heavy atom. The van der Waals surface area contributed by atoms with Gasteiger partial charge < -0.3 is 5.11 Å². The number of rotatable bonds is 5. The first-order chi connectivity index (χ1) is 9.55. The van der Waals surface area contributed by atoms with Gasteiger partial charge in [-0.25, -0.2) is 0 Å². The zero-order valence-electron chi connectivity index (χ0n) is 12.1. The topological polar surface area (TPSA) is 69.6 Å². The van der Waals surface area contributed by atoms with E-state index in [4.69, 9.17) is 0 Å². The normalized spacial score (nSPS) is 33.2. The van der Waals surface area contributed by atoms with Gasteiger partial charge in [-0.15, -0.1) is 0 Å². The highest BCUT2D eigenvalue weighted by molar-refractivity contribution is 7.99. The van der Waals surface area contributed by atoms with E-state index in [1.54, 1.807) is 0 Å². The van der Waals surface area contributed by atoms with Crippen LogP contribution in [0.2, 0.25) is 0 Å². The predicted molar refractivity (Wildman–Crippen MR) is 83.0 cm³/mol. The summed E-state index contributed by atoms with van der Waals surface area (Å²) in [5.41, 5.74) is 0. The Balaban J connectivity index is 1.87. The van der Waals surface area contributed by atoms with Crippen molar-refractivity contribution in [1.82, 2.24) is 9.03 Å². The van der Waals surface area contributed by atoms with E-state index in [0.29, 0.717) is 18.3 Å². The lowest BCUT2D eigenvalue weighted by atomic mass is 9.96. The molecule has 0 radical (unpaired) electrons. The molecule has 1 aliphatic carbocycles. The van der Waals surface area contributed by atoms with Gasteiger partial charge in [0.25, 0.3) is 10.2 Å². The van der Waals surface area contributed by atoms with Crippen LogP contribution >= 0.6 is 11.8 Å². The molecule has 0 aromatic rings. The van der Waals surface area contributed by atoms with E-state index in [0.717, 1.165) is 38.5 Å². The van der Waals surface area contributed by atoms with E-state index in [-0.39, 0.29) is 18.6 Å². The van der Waals surface area contributed by atoms with Gasteiger partial charge in [-0.05, 0) is 50.7 Å². The zero-order valence-corrected chi connectivity index (χ0v) is 13.8. The summed E-state index contributed by atoms with van der Waals surface area (Å²) in [5, 5.41) is 9.89. The highest BCUT2D eigenvalue weighted by atomic mass is 32.2. The van der Waals surface area contributed by atoms with Gasteiger partial charge in [0.1, 0.15) is 0 Å². The number of nitrogens with zero attached hydrogens (tertiary/aromatic N) is 1. The van der Waals surface area contributed by atoms with Gasteiger partial charge in [-0.1, -0.05) is 0 Å². The molecule has 5 nitrogen and oxygen atoms in total. The number of aliphatic hydroxyl groups excluding tert-OH is 1. The van der Waals surface area contributed by atoms with Gasteiger partial charge in [-0.2, -0.15) is 29.2 Å². The van der Waals surface area contributed by atoms with Gasteiger partial charge in [-0.3, -0.25) is 0 Å². The van der Waals surface area contributed by atoms with Crippen LogP contribution in [0.25, 0.3) is 0 Å². The summed E-state index contributed by atoms with van der Waals surface area (Å²) in [5.74, 6) is 0.0903. The molecular weight excluding hydrogens is 296 g/mol. The fraction of sp³-hybridized carbons (Fsp3) is 1.00. The number of aliphatic hydroxyl groups is 1. The molecule has 2 N–H and O–H groups in total. The van der Waals surface area contributed by atoms with Crippen molar-refractivity contribution in [2.45, 2.75) is 49.8 Å². The van der Waals surface area contributed by atoms with Gasteiger partial charge in [0, 0.05) is 31.0 Å². The molecule has 2 rings (SSSR count). The third-order valence-corrected chi connectivity index (χ3v) is 7.18. The highest BCUT2D eigenvalue weighted by Crippen LogP contribution is 2.27. The molecule has 2 aliphatic rings. The average molecular weight is 322 g/mol. The Bertz CT molecular complexity index is 394. The van der Waals surface area contributed by atoms with Crippen molar-refractivity contribution < 1.29 is 13.5 Å². The monoisotopic (exact) mass is 322 g/mol. The van der Waals surface area contributed by atoms with Crippen molar-refractivity contribution >= 4 is 22.0 Å². The van der Waals surface area contributed by atoms with Gasteiger partial charge in [0.2, 0.25) is 0 Å². The molecular formula is C13H26N2O3S2. The Labute approximate surface area is 126 Å². The minimum absolute atomic E-state index is 0.0743. The molecule has 1 atom stereocenters. The maximum Gasteiger partial charge on any atom is 0.279 e. The van der Waals surface area contributed by atoms with Gasteiger partial charge >= 0.3 is 0 Å². The SMILES string of the molecule is CSC1CCC(NS(=O)(=O)N2CCCC(CO)C2)CC1. The Morgan fingerprint density at radius 3 is 2.55 bits per heavy atom. The van der Waals surface area contributed by atoms with Gasteiger partial charge in [0.15, 0.2) is 0 Å². The first kappa shape index (κ1) is 16.5. The summed E-state index contributed by atoms with van der Waals surface area (Å²) < 4.78 is 29.2. The minimum atomic E-state index is -3.38. The Kier molecular flexibility index (Phi) is 6.16. The lowest BCUT2D eigenvalue weighted by Gasteiger charge is -2.34. The summed E-state index contributed by atoms with van der Waals surface area (Å²) >= 11 is 1.88. The van der Waals surface area contributed by atoms with E-state index < -0.39 is 10.2 Å². The second-order valence-corrected chi connectivity index (χ2v) is 8.72. The molecule has 0 aromatic carbocycles. The molecule has 0 aromatic heterocycles. The van der Waals surface area contributed by atoms with Crippen LogP contribution in [0, 0.1) is 5.92 Å². The number of hydrogen-bond donors (Lipinski definition) is 2. The second kappa shape index (κ2) is 7.45. The number of thioether (sulfide) groups is 1. The molecule has 0 amide bonds. The third-order valence-electron chi connectivity index (χ3n) is 4.40. The standard InChI is InChI=1S/C13H26N2O3S2/c1-19-13-6-4-12(5-7-13)14-20(17,18)15-8-2-3-11(9-15)10-16/h11-14,16H,2-10H2,1H3. The maximum absolute atomic E-state index is 12.4. The van der Waals surface area contributed by atoms with Crippen LogP contribution in [0.5, 0.6) is 0 Å². The molecule has 118 valence electrons. The lowest BCUT2D eigenvalue weighted by molar-refractivity contribution is 0.164. The second-order valence-electron chi connectivity index (χ2n) is 5.88. The van der Waals surface area contributed by atoms with E-state index >= 15 is 0 Å². The van der Waals surface area contributed by atoms with Crippen LogP contribution in [0.4, 0.5) is 0 Å². The molecule has 7 heteroatoms. The average Bonchev–Trinajstić information content (AvgIpc) is 2.48. The Morgan fingerprint density at radius 2 is 1.95 bits per heavy atom. The Hall–Kier alpha value is 0.180. The minimum Gasteiger partial charge on any atom is -0.396 e. The molecule has 20 heavy (non-hydrogen) atoms. The third kappa shape index (κ3) is 4.34. The quantitative estimate of drug-likeness (QED) is 0.798. The van der Waals surface area contributed by atoms with Crippen LogP contribution in [0.3, 0.4) is 0 Å². The molecule has 1 heterocycles. The van der Waals surface area contributed by atoms with Crippen molar-refractivity contribution in [2.24, 2.45) is 5.92 Å². The molecule has 1 saturated heterocycles. The number of piperidine rings is 1. The fourth-order valence-corrected chi connectivity index (χ4v) is 5.42. The van der Waals surface area contributed by atoms with E-state index in [1.807, 2.05) is 11.8 Å². The molecule has 0 bridgehead atoms. The predicted octanol–water partition coefficient (Wildman–Crippen LogP) is 1.20. The maximum atomic E-state index is 12.4. The van der Waals surface area contributed by atoms with Crippen molar-refractivity contribution in [3.05, 3.63) is 0 Å². The summed E-state index contributed by atoms with van der Waals surface area (Å²) in [7, 11) is -3.38. The molecule has 1 aliphatic heterocycles. The number of hydrogen-bond acceptors (Lipinski definition) is 4. The molecule has 1 saturated carbocycles. The van der Waals surface area contributed by atoms with Crippen LogP contribution in [0.15, 0.2) is 0 Å². The van der Waals surface area contributed by atoms with Crippen LogP contribution in [-0.2, 0) is 10.2 Å². The first-order valence-electron chi connectivity index (χ1n) is 7.46. The fourth-order valence-electron chi connectivity index (χ4n) is 3.10. The van der Waals surface area contributed by atoms with Gasteiger partial charge in [0.05, 0.1) is 0 Å². The van der Waals surface area contributed by atoms with Crippen molar-refractivity contribution in [2.75, 3.05) is 26.0 Å². The van der Waals surface area contributed by atoms with E-state index in [1.165, 1.54) is 4.31 Å². The number of nitrogens with one attached hydrogen (secondary N) is 1. The van der Waals surface area contributed by atoms with Crippen molar-refractivity contribution in [3.63, 3.8) is 0 Å². The van der Waals surface area contributed by atoms with Crippen molar-refractivity contribution in [3.8, 4) is 0 Å². The highest BCUT2D eigenvalue weighted by Gasteiger charge is 2.31. The van der Waals surface area contributed by atoms with E-state index in [9.17, 15) is 13.5 Å². The smallest absolute Gasteiger partial charge is 0.279 e. The first-order valence-corrected chi connectivity index (χ1v) is 10.2. The van der Waals surface area contributed by atoms with Crippen LogP contribution < -0.4 is 4.72 Å². The molecule has 0 spiro atoms.